The molecule has 0 unspecified atom stereocenters. The molecule has 1 fully saturated rings. The Kier molecular flexibility index (Phi) is 8.62. The quantitative estimate of drug-likeness (QED) is 0.567. The van der Waals surface area contributed by atoms with Gasteiger partial charge in [0.15, 0.2) is 0 Å². The number of nitrogens with zero attached hydrogens (tertiary/aromatic N) is 2. The summed E-state index contributed by atoms with van der Waals surface area (Å²) in [7, 11) is 0. The fourth-order valence-corrected chi connectivity index (χ4v) is 5.34. The van der Waals surface area contributed by atoms with Crippen LogP contribution in [0.3, 0.4) is 0 Å². The molecule has 0 radical (unpaired) electrons. The van der Waals surface area contributed by atoms with Crippen LogP contribution < -0.4 is 4.74 Å². The van der Waals surface area contributed by atoms with Gasteiger partial charge in [0, 0.05) is 25.2 Å². The first-order chi connectivity index (χ1) is 16.7. The lowest BCUT2D eigenvalue weighted by atomic mass is 9.90. The zero-order chi connectivity index (χ0) is 23.8. The van der Waals surface area contributed by atoms with E-state index in [0.29, 0.717) is 11.3 Å². The van der Waals surface area contributed by atoms with E-state index in [9.17, 15) is 9.59 Å². The van der Waals surface area contributed by atoms with Gasteiger partial charge in [0.05, 0.1) is 11.6 Å². The van der Waals surface area contributed by atoms with Crippen molar-refractivity contribution in [1.82, 2.24) is 9.80 Å². The average molecular weight is 463 g/mol. The summed E-state index contributed by atoms with van der Waals surface area (Å²) in [5.41, 5.74) is 1.37. The first-order valence-corrected chi connectivity index (χ1v) is 13.1. The van der Waals surface area contributed by atoms with Gasteiger partial charge < -0.3 is 14.5 Å². The summed E-state index contributed by atoms with van der Waals surface area (Å²) in [6, 6.07) is 17.3. The summed E-state index contributed by atoms with van der Waals surface area (Å²) >= 11 is 0. The SMILES string of the molecule is CCCN1CCCCCCN(C(=O)c2ccccc2)[C@@H]2CCCC[C@@H]2Oc2ccccc2C1=O. The van der Waals surface area contributed by atoms with Crippen LogP contribution in [0.2, 0.25) is 0 Å². The standard InChI is InChI=1S/C29H38N2O3/c1-2-20-30-21-12-3-4-13-22-31(28(32)23-14-6-5-7-15-23)25-17-9-11-19-27(25)34-26-18-10-8-16-24(26)29(30)33/h5-8,10,14-16,18,25,27H,2-4,9,11-13,17,19-22H2,1H3/t25-,27+/m1/s1. The smallest absolute Gasteiger partial charge is 0.257 e. The Morgan fingerprint density at radius 1 is 0.882 bits per heavy atom. The fraction of sp³-hybridized carbons (Fsp3) is 0.517. The van der Waals surface area contributed by atoms with Crippen LogP contribution >= 0.6 is 0 Å². The molecule has 0 N–H and O–H groups in total. The van der Waals surface area contributed by atoms with E-state index >= 15 is 0 Å². The molecule has 0 aromatic heterocycles. The molecule has 1 aliphatic carbocycles. The van der Waals surface area contributed by atoms with Gasteiger partial charge in [-0.2, -0.15) is 0 Å². The molecule has 2 aromatic carbocycles. The normalized spacial score (nSPS) is 22.2. The number of rotatable bonds is 3. The molecule has 182 valence electrons. The molecular weight excluding hydrogens is 424 g/mol. The van der Waals surface area contributed by atoms with Gasteiger partial charge in [-0.1, -0.05) is 56.5 Å². The maximum Gasteiger partial charge on any atom is 0.257 e. The second-order valence-electron chi connectivity index (χ2n) is 9.58. The largest absolute Gasteiger partial charge is 0.487 e. The van der Waals surface area contributed by atoms with Crippen LogP contribution in [-0.4, -0.2) is 53.4 Å². The van der Waals surface area contributed by atoms with Crippen LogP contribution in [0.5, 0.6) is 5.75 Å². The minimum Gasteiger partial charge on any atom is -0.487 e. The van der Waals surface area contributed by atoms with Crippen LogP contribution in [0.15, 0.2) is 54.6 Å². The molecule has 2 amide bonds. The highest BCUT2D eigenvalue weighted by Crippen LogP contribution is 2.31. The second-order valence-corrected chi connectivity index (χ2v) is 9.58. The van der Waals surface area contributed by atoms with E-state index in [2.05, 4.69) is 11.8 Å². The molecule has 0 bridgehead atoms. The van der Waals surface area contributed by atoms with E-state index in [1.807, 2.05) is 59.5 Å². The van der Waals surface area contributed by atoms with Crippen molar-refractivity contribution in [2.24, 2.45) is 0 Å². The van der Waals surface area contributed by atoms with Gasteiger partial charge in [-0.15, -0.1) is 0 Å². The molecule has 1 heterocycles. The summed E-state index contributed by atoms with van der Waals surface area (Å²) in [6.07, 6.45) is 8.89. The third-order valence-electron chi connectivity index (χ3n) is 7.10. The number of carbonyl (C=O) groups is 2. The molecular formula is C29H38N2O3. The lowest BCUT2D eigenvalue weighted by molar-refractivity contribution is 0.0267. The number of amides is 2. The van der Waals surface area contributed by atoms with E-state index in [1.54, 1.807) is 0 Å². The van der Waals surface area contributed by atoms with E-state index in [1.165, 1.54) is 0 Å². The van der Waals surface area contributed by atoms with Crippen LogP contribution in [-0.2, 0) is 0 Å². The van der Waals surface area contributed by atoms with Crippen LogP contribution in [0.1, 0.15) is 85.4 Å². The predicted molar refractivity (Wildman–Crippen MR) is 135 cm³/mol. The molecule has 1 aliphatic heterocycles. The Balaban J connectivity index is 1.67. The maximum atomic E-state index is 13.6. The van der Waals surface area contributed by atoms with E-state index in [4.69, 9.17) is 4.74 Å². The van der Waals surface area contributed by atoms with Gasteiger partial charge >= 0.3 is 0 Å². The molecule has 5 nitrogen and oxygen atoms in total. The minimum absolute atomic E-state index is 0.0132. The highest BCUT2D eigenvalue weighted by Gasteiger charge is 2.35. The molecule has 2 aromatic rings. The molecule has 1 saturated carbocycles. The molecule has 0 spiro atoms. The van der Waals surface area contributed by atoms with Gasteiger partial charge in [0.2, 0.25) is 0 Å². The van der Waals surface area contributed by atoms with E-state index in [0.717, 1.165) is 83.0 Å². The van der Waals surface area contributed by atoms with Gasteiger partial charge in [-0.25, -0.2) is 0 Å². The van der Waals surface area contributed by atoms with Crippen molar-refractivity contribution in [2.45, 2.75) is 76.9 Å². The molecule has 34 heavy (non-hydrogen) atoms. The average Bonchev–Trinajstić information content (AvgIpc) is 2.88. The molecule has 0 saturated heterocycles. The van der Waals surface area contributed by atoms with Crippen LogP contribution in [0.4, 0.5) is 0 Å². The summed E-state index contributed by atoms with van der Waals surface area (Å²) in [5.74, 6) is 0.792. The zero-order valence-corrected chi connectivity index (χ0v) is 20.5. The van der Waals surface area contributed by atoms with Crippen molar-refractivity contribution in [1.29, 1.82) is 0 Å². The van der Waals surface area contributed by atoms with Crippen molar-refractivity contribution in [3.8, 4) is 5.75 Å². The molecule has 2 aliphatic rings. The lowest BCUT2D eigenvalue weighted by Gasteiger charge is -2.40. The Bertz CT molecular complexity index is 945. The van der Waals surface area contributed by atoms with Crippen molar-refractivity contribution < 1.29 is 14.3 Å². The second kappa shape index (κ2) is 12.0. The Morgan fingerprint density at radius 2 is 1.59 bits per heavy atom. The summed E-state index contributed by atoms with van der Waals surface area (Å²) < 4.78 is 6.62. The number of para-hydroxylation sites is 1. The number of fused-ring (bicyclic) bond motifs is 2. The summed E-state index contributed by atoms with van der Waals surface area (Å²) in [6.45, 7) is 4.39. The Morgan fingerprint density at radius 3 is 2.38 bits per heavy atom. The van der Waals surface area contributed by atoms with Gasteiger partial charge in [0.25, 0.3) is 11.8 Å². The summed E-state index contributed by atoms with van der Waals surface area (Å²) in [4.78, 5) is 31.2. The predicted octanol–water partition coefficient (Wildman–Crippen LogP) is 5.95. The van der Waals surface area contributed by atoms with Crippen LogP contribution in [0, 0.1) is 0 Å². The highest BCUT2D eigenvalue weighted by molar-refractivity contribution is 5.97. The van der Waals surface area contributed by atoms with Gasteiger partial charge in [-0.3, -0.25) is 9.59 Å². The first kappa shape index (κ1) is 24.3. The lowest BCUT2D eigenvalue weighted by Crippen LogP contribution is -2.51. The number of hydrogen-bond donors (Lipinski definition) is 0. The zero-order valence-electron chi connectivity index (χ0n) is 20.5. The van der Waals surface area contributed by atoms with Gasteiger partial charge in [0.1, 0.15) is 11.9 Å². The maximum absolute atomic E-state index is 13.6. The van der Waals surface area contributed by atoms with Crippen molar-refractivity contribution >= 4 is 11.8 Å². The number of benzene rings is 2. The fourth-order valence-electron chi connectivity index (χ4n) is 5.34. The Labute approximate surface area is 204 Å². The number of hydrogen-bond acceptors (Lipinski definition) is 3. The van der Waals surface area contributed by atoms with E-state index < -0.39 is 0 Å². The third-order valence-corrected chi connectivity index (χ3v) is 7.10. The minimum atomic E-state index is -0.113. The third kappa shape index (κ3) is 5.81. The molecule has 2 atom stereocenters. The van der Waals surface area contributed by atoms with Gasteiger partial charge in [-0.05, 0) is 62.8 Å². The van der Waals surface area contributed by atoms with Crippen molar-refractivity contribution in [2.75, 3.05) is 19.6 Å². The molecule has 5 heteroatoms. The van der Waals surface area contributed by atoms with Crippen molar-refractivity contribution in [3.63, 3.8) is 0 Å². The summed E-state index contributed by atoms with van der Waals surface area (Å²) in [5, 5.41) is 0. The van der Waals surface area contributed by atoms with E-state index in [-0.39, 0.29) is 24.0 Å². The molecule has 4 rings (SSSR count). The first-order valence-electron chi connectivity index (χ1n) is 13.1. The topological polar surface area (TPSA) is 49.9 Å². The number of ether oxygens (including phenoxy) is 1. The van der Waals surface area contributed by atoms with Crippen molar-refractivity contribution in [3.05, 3.63) is 65.7 Å². The monoisotopic (exact) mass is 462 g/mol. The Hall–Kier alpha value is -2.82. The number of carbonyl (C=O) groups excluding carboxylic acids is 2. The van der Waals surface area contributed by atoms with Crippen LogP contribution in [0.25, 0.3) is 0 Å². The highest BCUT2D eigenvalue weighted by atomic mass is 16.5.